The number of hydrogen-bond acceptors (Lipinski definition) is 3. The van der Waals surface area contributed by atoms with E-state index in [1.807, 2.05) is 20.8 Å². The Balaban J connectivity index is 3.69. The standard InChI is InChI=1S/C7H16O2S/c1-4-7(10,8-5-2)9-6-3/h10H,4-6H2,1-3H3. The van der Waals surface area contributed by atoms with Crippen LogP contribution < -0.4 is 0 Å². The number of ether oxygens (including phenoxy) is 2. The third-order valence-corrected chi connectivity index (χ3v) is 1.76. The molecule has 0 aliphatic carbocycles. The molecule has 62 valence electrons. The van der Waals surface area contributed by atoms with Crippen LogP contribution in [0.5, 0.6) is 0 Å². The van der Waals surface area contributed by atoms with Crippen LogP contribution >= 0.6 is 12.6 Å². The third kappa shape index (κ3) is 3.44. The highest BCUT2D eigenvalue weighted by Gasteiger charge is 2.22. The molecule has 3 heteroatoms. The lowest BCUT2D eigenvalue weighted by Gasteiger charge is -2.26. The highest BCUT2D eigenvalue weighted by atomic mass is 32.1. The molecule has 0 fully saturated rings. The molecule has 0 bridgehead atoms. The second-order valence-corrected chi connectivity index (χ2v) is 2.61. The molecule has 0 aliphatic rings. The molecule has 0 aromatic rings. The predicted molar refractivity (Wildman–Crippen MR) is 45.3 cm³/mol. The van der Waals surface area contributed by atoms with E-state index in [9.17, 15) is 0 Å². The first-order valence-corrected chi connectivity index (χ1v) is 4.13. The van der Waals surface area contributed by atoms with Crippen LogP contribution in [0.3, 0.4) is 0 Å². The van der Waals surface area contributed by atoms with Gasteiger partial charge < -0.3 is 9.47 Å². The molecule has 2 nitrogen and oxygen atoms in total. The maximum absolute atomic E-state index is 5.26. The topological polar surface area (TPSA) is 18.5 Å². The first kappa shape index (κ1) is 10.3. The summed E-state index contributed by atoms with van der Waals surface area (Å²) in [5.74, 6) is 0. The second kappa shape index (κ2) is 4.99. The van der Waals surface area contributed by atoms with Crippen molar-refractivity contribution in [1.29, 1.82) is 0 Å². The van der Waals surface area contributed by atoms with Gasteiger partial charge in [-0.15, -0.1) is 12.6 Å². The molecular weight excluding hydrogens is 148 g/mol. The van der Waals surface area contributed by atoms with E-state index in [1.54, 1.807) is 0 Å². The average molecular weight is 164 g/mol. The summed E-state index contributed by atoms with van der Waals surface area (Å²) in [4.78, 5) is 0. The van der Waals surface area contributed by atoms with Gasteiger partial charge in [-0.25, -0.2) is 0 Å². The van der Waals surface area contributed by atoms with Crippen LogP contribution in [-0.2, 0) is 9.47 Å². The number of hydrogen-bond donors (Lipinski definition) is 1. The van der Waals surface area contributed by atoms with Crippen molar-refractivity contribution in [2.24, 2.45) is 0 Å². The van der Waals surface area contributed by atoms with E-state index in [-0.39, 0.29) is 0 Å². The van der Waals surface area contributed by atoms with Crippen molar-refractivity contribution in [3.8, 4) is 0 Å². The molecule has 0 rings (SSSR count). The molecule has 0 saturated carbocycles. The Morgan fingerprint density at radius 1 is 1.10 bits per heavy atom. The van der Waals surface area contributed by atoms with Crippen LogP contribution in [0.25, 0.3) is 0 Å². The quantitative estimate of drug-likeness (QED) is 0.495. The van der Waals surface area contributed by atoms with Gasteiger partial charge in [0.05, 0.1) is 0 Å². The van der Waals surface area contributed by atoms with Gasteiger partial charge in [-0.2, -0.15) is 0 Å². The fourth-order valence-electron chi connectivity index (χ4n) is 0.697. The predicted octanol–water partition coefficient (Wildman–Crippen LogP) is 2.05. The molecule has 0 aromatic heterocycles. The van der Waals surface area contributed by atoms with E-state index in [4.69, 9.17) is 9.47 Å². The van der Waals surface area contributed by atoms with Gasteiger partial charge in [0, 0.05) is 19.6 Å². The van der Waals surface area contributed by atoms with Gasteiger partial charge in [0.1, 0.15) is 0 Å². The maximum atomic E-state index is 5.26. The highest BCUT2D eigenvalue weighted by molar-refractivity contribution is 7.81. The Bertz CT molecular complexity index is 79.7. The van der Waals surface area contributed by atoms with E-state index in [1.165, 1.54) is 0 Å². The summed E-state index contributed by atoms with van der Waals surface area (Å²) in [6.45, 7) is 7.12. The van der Waals surface area contributed by atoms with E-state index in [0.29, 0.717) is 13.2 Å². The van der Waals surface area contributed by atoms with Gasteiger partial charge in [-0.05, 0) is 13.8 Å². The van der Waals surface area contributed by atoms with Crippen molar-refractivity contribution in [2.75, 3.05) is 13.2 Å². The zero-order valence-corrected chi connectivity index (χ0v) is 7.78. The van der Waals surface area contributed by atoms with Crippen LogP contribution in [0, 0.1) is 0 Å². The molecule has 0 aliphatic heterocycles. The zero-order chi connectivity index (χ0) is 8.04. The maximum Gasteiger partial charge on any atom is 0.214 e. The summed E-state index contributed by atoms with van der Waals surface area (Å²) < 4.78 is 10.5. The molecule has 0 unspecified atom stereocenters. The summed E-state index contributed by atoms with van der Waals surface area (Å²) >= 11 is 4.23. The fraction of sp³-hybridized carbons (Fsp3) is 1.00. The minimum Gasteiger partial charge on any atom is -0.342 e. The van der Waals surface area contributed by atoms with Crippen molar-refractivity contribution in [2.45, 2.75) is 32.3 Å². The van der Waals surface area contributed by atoms with Gasteiger partial charge in [0.15, 0.2) is 0 Å². The first-order chi connectivity index (χ1) is 4.68. The van der Waals surface area contributed by atoms with Gasteiger partial charge in [-0.1, -0.05) is 6.92 Å². The Kier molecular flexibility index (Phi) is 5.13. The summed E-state index contributed by atoms with van der Waals surface area (Å²) in [5.41, 5.74) is 0. The Hall–Kier alpha value is 0.270. The van der Waals surface area contributed by atoms with Gasteiger partial charge in [0.2, 0.25) is 5.12 Å². The molecule has 0 aromatic carbocycles. The smallest absolute Gasteiger partial charge is 0.214 e. The van der Waals surface area contributed by atoms with Crippen molar-refractivity contribution in [1.82, 2.24) is 0 Å². The lowest BCUT2D eigenvalue weighted by Crippen LogP contribution is -2.28. The molecule has 10 heavy (non-hydrogen) atoms. The van der Waals surface area contributed by atoms with Gasteiger partial charge >= 0.3 is 0 Å². The largest absolute Gasteiger partial charge is 0.342 e. The lowest BCUT2D eigenvalue weighted by molar-refractivity contribution is -0.165. The number of rotatable bonds is 5. The molecular formula is C7H16O2S. The average Bonchev–Trinajstić information content (AvgIpc) is 1.89. The van der Waals surface area contributed by atoms with Gasteiger partial charge in [-0.3, -0.25) is 0 Å². The minimum atomic E-state index is -0.663. The Labute approximate surface area is 68.3 Å². The number of thiol groups is 1. The van der Waals surface area contributed by atoms with Gasteiger partial charge in [0.25, 0.3) is 0 Å². The highest BCUT2D eigenvalue weighted by Crippen LogP contribution is 2.21. The summed E-state index contributed by atoms with van der Waals surface area (Å²) in [6.07, 6.45) is 0.762. The van der Waals surface area contributed by atoms with Crippen molar-refractivity contribution in [3.05, 3.63) is 0 Å². The summed E-state index contributed by atoms with van der Waals surface area (Å²) in [6, 6.07) is 0. The summed E-state index contributed by atoms with van der Waals surface area (Å²) in [5, 5.41) is -0.663. The van der Waals surface area contributed by atoms with Crippen LogP contribution in [-0.4, -0.2) is 18.3 Å². The van der Waals surface area contributed by atoms with E-state index < -0.39 is 5.12 Å². The minimum absolute atomic E-state index is 0.636. The van der Waals surface area contributed by atoms with Crippen LogP contribution in [0.2, 0.25) is 0 Å². The molecule has 0 N–H and O–H groups in total. The first-order valence-electron chi connectivity index (χ1n) is 3.68. The SMILES string of the molecule is CCOC(S)(CC)OCC. The van der Waals surface area contributed by atoms with E-state index >= 15 is 0 Å². The Morgan fingerprint density at radius 3 is 1.70 bits per heavy atom. The lowest BCUT2D eigenvalue weighted by atomic mass is 10.4. The second-order valence-electron chi connectivity index (χ2n) is 1.93. The summed E-state index contributed by atoms with van der Waals surface area (Å²) in [7, 11) is 0. The molecule has 0 amide bonds. The third-order valence-electron chi connectivity index (χ3n) is 1.19. The molecule has 0 heterocycles. The van der Waals surface area contributed by atoms with E-state index in [0.717, 1.165) is 6.42 Å². The molecule has 0 saturated heterocycles. The van der Waals surface area contributed by atoms with E-state index in [2.05, 4.69) is 12.6 Å². The van der Waals surface area contributed by atoms with Crippen LogP contribution in [0.15, 0.2) is 0 Å². The van der Waals surface area contributed by atoms with Crippen LogP contribution in [0.1, 0.15) is 27.2 Å². The van der Waals surface area contributed by atoms with Crippen LogP contribution in [0.4, 0.5) is 0 Å². The molecule has 0 spiro atoms. The Morgan fingerprint density at radius 2 is 1.50 bits per heavy atom. The van der Waals surface area contributed by atoms with Crippen molar-refractivity contribution < 1.29 is 9.47 Å². The van der Waals surface area contributed by atoms with Crippen molar-refractivity contribution in [3.63, 3.8) is 0 Å². The molecule has 0 atom stereocenters. The monoisotopic (exact) mass is 164 g/mol. The zero-order valence-electron chi connectivity index (χ0n) is 6.89. The van der Waals surface area contributed by atoms with Crippen molar-refractivity contribution >= 4 is 12.6 Å². The fourth-order valence-corrected chi connectivity index (χ4v) is 0.955. The normalized spacial score (nSPS) is 12.0. The molecule has 0 radical (unpaired) electrons.